The number of nitriles is 1. The van der Waals surface area contributed by atoms with Gasteiger partial charge < -0.3 is 4.90 Å². The van der Waals surface area contributed by atoms with Gasteiger partial charge in [0, 0.05) is 19.1 Å². The van der Waals surface area contributed by atoms with Crippen molar-refractivity contribution in [3.63, 3.8) is 0 Å². The average molecular weight is 257 g/mol. The van der Waals surface area contributed by atoms with Gasteiger partial charge >= 0.3 is 0 Å². The van der Waals surface area contributed by atoms with E-state index in [1.54, 1.807) is 0 Å². The van der Waals surface area contributed by atoms with Gasteiger partial charge in [0.2, 0.25) is 0 Å². The van der Waals surface area contributed by atoms with Gasteiger partial charge in [-0.2, -0.15) is 5.26 Å². The third kappa shape index (κ3) is 4.34. The maximum absolute atomic E-state index is 9.00. The van der Waals surface area contributed by atoms with Gasteiger partial charge in [-0.25, -0.2) is 0 Å². The molecule has 0 spiro atoms. The van der Waals surface area contributed by atoms with Gasteiger partial charge in [-0.3, -0.25) is 4.90 Å². The van der Waals surface area contributed by atoms with Crippen LogP contribution in [0.3, 0.4) is 0 Å². The summed E-state index contributed by atoms with van der Waals surface area (Å²) in [5, 5.41) is 9.00. The minimum absolute atomic E-state index is 0.390. The number of rotatable bonds is 4. The average Bonchev–Trinajstić information content (AvgIpc) is 2.60. The zero-order chi connectivity index (χ0) is 13.5. The van der Waals surface area contributed by atoms with E-state index in [4.69, 9.17) is 5.26 Å². The fourth-order valence-electron chi connectivity index (χ4n) is 2.80. The van der Waals surface area contributed by atoms with Gasteiger partial charge in [0.25, 0.3) is 0 Å². The van der Waals surface area contributed by atoms with Crippen LogP contribution in [0.25, 0.3) is 0 Å². The Morgan fingerprint density at radius 1 is 1.26 bits per heavy atom. The molecule has 19 heavy (non-hydrogen) atoms. The number of hydrogen-bond acceptors (Lipinski definition) is 3. The molecule has 102 valence electrons. The Labute approximate surface area is 116 Å². The van der Waals surface area contributed by atoms with Crippen molar-refractivity contribution in [2.24, 2.45) is 0 Å². The summed E-state index contributed by atoms with van der Waals surface area (Å²) >= 11 is 0. The van der Waals surface area contributed by atoms with Crippen LogP contribution in [0.4, 0.5) is 0 Å². The summed E-state index contributed by atoms with van der Waals surface area (Å²) in [6.45, 7) is 4.33. The maximum Gasteiger partial charge on any atom is 0.0638 e. The van der Waals surface area contributed by atoms with Crippen LogP contribution in [0.1, 0.15) is 18.4 Å². The highest BCUT2D eigenvalue weighted by atomic mass is 15.2. The second-order valence-corrected chi connectivity index (χ2v) is 5.40. The molecule has 0 bridgehead atoms. The van der Waals surface area contributed by atoms with Gasteiger partial charge in [-0.1, -0.05) is 30.3 Å². The van der Waals surface area contributed by atoms with E-state index in [1.807, 2.05) is 0 Å². The van der Waals surface area contributed by atoms with Gasteiger partial charge in [0.1, 0.15) is 0 Å². The molecular formula is C16H23N3. The molecule has 0 saturated carbocycles. The Bertz CT molecular complexity index is 410. The molecule has 1 fully saturated rings. The molecule has 3 heteroatoms. The first-order chi connectivity index (χ1) is 9.29. The predicted octanol–water partition coefficient (Wildman–Crippen LogP) is 2.15. The summed E-state index contributed by atoms with van der Waals surface area (Å²) in [7, 11) is 2.16. The van der Waals surface area contributed by atoms with Gasteiger partial charge in [0.15, 0.2) is 0 Å². The largest absolute Gasteiger partial charge is 0.305 e. The van der Waals surface area contributed by atoms with E-state index in [0.717, 1.165) is 32.6 Å². The summed E-state index contributed by atoms with van der Waals surface area (Å²) in [5.74, 6) is 0. The first-order valence-corrected chi connectivity index (χ1v) is 7.13. The molecule has 1 aromatic rings. The highest BCUT2D eigenvalue weighted by Gasteiger charge is 2.22. The molecule has 1 aliphatic rings. The van der Waals surface area contributed by atoms with Crippen molar-refractivity contribution >= 4 is 0 Å². The van der Waals surface area contributed by atoms with Crippen LogP contribution in [0.2, 0.25) is 0 Å². The zero-order valence-corrected chi connectivity index (χ0v) is 11.8. The lowest BCUT2D eigenvalue weighted by Crippen LogP contribution is -2.41. The lowest BCUT2D eigenvalue weighted by molar-refractivity contribution is 0.193. The molecule has 0 aliphatic carbocycles. The second kappa shape index (κ2) is 7.28. The minimum Gasteiger partial charge on any atom is -0.305 e. The molecule has 0 amide bonds. The molecule has 1 saturated heterocycles. The second-order valence-electron chi connectivity index (χ2n) is 5.40. The molecular weight excluding hydrogens is 234 g/mol. The lowest BCUT2D eigenvalue weighted by atomic mass is 10.1. The van der Waals surface area contributed by atoms with Crippen LogP contribution >= 0.6 is 0 Å². The smallest absolute Gasteiger partial charge is 0.0638 e. The highest BCUT2D eigenvalue weighted by molar-refractivity contribution is 5.15. The van der Waals surface area contributed by atoms with E-state index in [9.17, 15) is 0 Å². The number of likely N-dealkylation sites (N-methyl/N-ethyl adjacent to an activating group) is 1. The normalized spacial score (nSPS) is 21.8. The van der Waals surface area contributed by atoms with E-state index < -0.39 is 0 Å². The molecule has 1 heterocycles. The van der Waals surface area contributed by atoms with Crippen molar-refractivity contribution in [2.75, 3.05) is 33.2 Å². The standard InChI is InChI=1S/C16H23N3/c1-18-11-5-12-19(16(14-18)8-10-17)13-9-15-6-3-2-4-7-15/h2-4,6-7,16H,5,8-9,11-14H2,1H3. The van der Waals surface area contributed by atoms with Crippen LogP contribution in [0, 0.1) is 11.3 Å². The Morgan fingerprint density at radius 2 is 2.05 bits per heavy atom. The summed E-state index contributed by atoms with van der Waals surface area (Å²) < 4.78 is 0. The quantitative estimate of drug-likeness (QED) is 0.828. The maximum atomic E-state index is 9.00. The predicted molar refractivity (Wildman–Crippen MR) is 77.9 cm³/mol. The van der Waals surface area contributed by atoms with E-state index in [0.29, 0.717) is 12.5 Å². The third-order valence-corrected chi connectivity index (χ3v) is 3.88. The summed E-state index contributed by atoms with van der Waals surface area (Å²) in [5.41, 5.74) is 1.39. The minimum atomic E-state index is 0.390. The molecule has 1 aliphatic heterocycles. The Kier molecular flexibility index (Phi) is 5.38. The van der Waals surface area contributed by atoms with Crippen LogP contribution in [0.15, 0.2) is 30.3 Å². The van der Waals surface area contributed by atoms with Crippen molar-refractivity contribution in [2.45, 2.75) is 25.3 Å². The topological polar surface area (TPSA) is 30.3 Å². The van der Waals surface area contributed by atoms with Crippen molar-refractivity contribution < 1.29 is 0 Å². The lowest BCUT2D eigenvalue weighted by Gasteiger charge is -2.29. The molecule has 0 aromatic heterocycles. The molecule has 0 radical (unpaired) electrons. The number of hydrogen-bond donors (Lipinski definition) is 0. The third-order valence-electron chi connectivity index (χ3n) is 3.88. The molecule has 3 nitrogen and oxygen atoms in total. The van der Waals surface area contributed by atoms with Gasteiger partial charge in [-0.15, -0.1) is 0 Å². The monoisotopic (exact) mass is 257 g/mol. The van der Waals surface area contributed by atoms with Crippen LogP contribution in [-0.2, 0) is 6.42 Å². The van der Waals surface area contributed by atoms with Gasteiger partial charge in [-0.05, 0) is 38.5 Å². The SMILES string of the molecule is CN1CCCN(CCc2ccccc2)C(CC#N)C1. The zero-order valence-electron chi connectivity index (χ0n) is 11.8. The van der Waals surface area contributed by atoms with Gasteiger partial charge in [0.05, 0.1) is 12.5 Å². The first kappa shape index (κ1) is 14.0. The van der Waals surface area contributed by atoms with E-state index >= 15 is 0 Å². The molecule has 0 N–H and O–H groups in total. The fourth-order valence-corrected chi connectivity index (χ4v) is 2.80. The number of nitrogens with zero attached hydrogens (tertiary/aromatic N) is 3. The van der Waals surface area contributed by atoms with Crippen LogP contribution in [-0.4, -0.2) is 49.1 Å². The first-order valence-electron chi connectivity index (χ1n) is 7.13. The van der Waals surface area contributed by atoms with E-state index in [-0.39, 0.29) is 0 Å². The Hall–Kier alpha value is -1.37. The van der Waals surface area contributed by atoms with Crippen molar-refractivity contribution in [1.29, 1.82) is 5.26 Å². The van der Waals surface area contributed by atoms with Crippen molar-refractivity contribution in [1.82, 2.24) is 9.80 Å². The Balaban J connectivity index is 1.94. The van der Waals surface area contributed by atoms with E-state index in [2.05, 4.69) is 53.2 Å². The fraction of sp³-hybridized carbons (Fsp3) is 0.562. The van der Waals surface area contributed by atoms with Crippen molar-refractivity contribution in [3.05, 3.63) is 35.9 Å². The number of benzene rings is 1. The molecule has 1 aromatic carbocycles. The molecule has 1 unspecified atom stereocenters. The van der Waals surface area contributed by atoms with E-state index in [1.165, 1.54) is 12.0 Å². The molecule has 2 rings (SSSR count). The summed E-state index contributed by atoms with van der Waals surface area (Å²) in [6, 6.07) is 13.4. The summed E-state index contributed by atoms with van der Waals surface area (Å²) in [6.07, 6.45) is 2.92. The van der Waals surface area contributed by atoms with Crippen molar-refractivity contribution in [3.8, 4) is 6.07 Å². The highest BCUT2D eigenvalue weighted by Crippen LogP contribution is 2.13. The Morgan fingerprint density at radius 3 is 2.79 bits per heavy atom. The van der Waals surface area contributed by atoms with Crippen LogP contribution in [0.5, 0.6) is 0 Å². The van der Waals surface area contributed by atoms with Crippen LogP contribution < -0.4 is 0 Å². The molecule has 1 atom stereocenters. The summed E-state index contributed by atoms with van der Waals surface area (Å²) in [4.78, 5) is 4.85.